The molecule has 0 bridgehead atoms. The Morgan fingerprint density at radius 2 is 1.42 bits per heavy atom. The summed E-state index contributed by atoms with van der Waals surface area (Å²) in [5.74, 6) is -9.88. The summed E-state index contributed by atoms with van der Waals surface area (Å²) in [6, 6.07) is 17.9. The maximum absolute atomic E-state index is 15.4. The van der Waals surface area contributed by atoms with Crippen LogP contribution in [0.25, 0.3) is 0 Å². The van der Waals surface area contributed by atoms with E-state index in [9.17, 15) is 45.8 Å². The lowest BCUT2D eigenvalue weighted by Crippen LogP contribution is -2.53. The predicted molar refractivity (Wildman–Crippen MR) is 195 cm³/mol. The van der Waals surface area contributed by atoms with E-state index < -0.39 is 93.5 Å². The van der Waals surface area contributed by atoms with Gasteiger partial charge in [0.2, 0.25) is 23.6 Å². The lowest BCUT2D eigenvalue weighted by Gasteiger charge is -2.50. The number of halogens is 8. The highest BCUT2D eigenvalue weighted by Crippen LogP contribution is 2.65. The number of phenolic OH excluding ortho intramolecular Hbond substituents is 1. The number of rotatable bonds is 5. The highest BCUT2D eigenvalue weighted by molar-refractivity contribution is 6.33. The van der Waals surface area contributed by atoms with Gasteiger partial charge in [0.25, 0.3) is 0 Å². The van der Waals surface area contributed by atoms with Gasteiger partial charge in [-0.1, -0.05) is 71.2 Å². The van der Waals surface area contributed by atoms with Gasteiger partial charge in [0, 0.05) is 10.9 Å². The summed E-state index contributed by atoms with van der Waals surface area (Å²) in [6.45, 7) is 0. The number of allylic oxidation sites excluding steroid dienone is 2. The molecule has 2 heterocycles. The van der Waals surface area contributed by atoms with Gasteiger partial charge >= 0.3 is 12.4 Å². The minimum absolute atomic E-state index is 0.0829. The van der Waals surface area contributed by atoms with Gasteiger partial charge in [0.1, 0.15) is 0 Å². The number of aromatic hydroxyl groups is 1. The molecule has 0 unspecified atom stereocenters. The van der Waals surface area contributed by atoms with Crippen molar-refractivity contribution in [2.24, 2.45) is 23.7 Å². The van der Waals surface area contributed by atoms with Crippen molar-refractivity contribution < 1.29 is 55.4 Å². The van der Waals surface area contributed by atoms with Gasteiger partial charge in [0.05, 0.1) is 57.8 Å². The average Bonchev–Trinajstić information content (AvgIpc) is 3.56. The van der Waals surface area contributed by atoms with E-state index in [1.807, 2.05) is 0 Å². The molecule has 0 radical (unpaired) electrons. The molecule has 1 saturated carbocycles. The standard InChI is InChI=1S/C41H28Cl2F6N2O6/c1-57-31-13-19(12-30(43)34(31)52)33-26-10-11-27-32(37(55)50(35(27)53)25-15-21(40(44,45)46)14-22(16-25)41(47,48)49)28(26)18-29-36(54)51(24-9-5-8-23(42)17-24)38(56)39(29,33)20-6-3-2-4-7-20/h2-10,12-17,27-29,32-33,52H,11,18H2,1H3/t27-,28+,29-,32-,33-,39+/m0/s1. The first-order valence-corrected chi connectivity index (χ1v) is 18.3. The van der Waals surface area contributed by atoms with E-state index in [-0.39, 0.29) is 46.0 Å². The molecule has 8 nitrogen and oxygen atoms in total. The topological polar surface area (TPSA) is 104 Å². The number of imide groups is 2. The fourth-order valence-corrected chi connectivity index (χ4v) is 9.76. The van der Waals surface area contributed by atoms with E-state index in [1.54, 1.807) is 48.5 Å². The van der Waals surface area contributed by atoms with E-state index in [0.29, 0.717) is 28.2 Å². The monoisotopic (exact) mass is 828 g/mol. The van der Waals surface area contributed by atoms with Crippen molar-refractivity contribution in [3.8, 4) is 11.5 Å². The molecule has 1 N–H and O–H groups in total. The van der Waals surface area contributed by atoms with Crippen LogP contribution in [0.5, 0.6) is 11.5 Å². The molecule has 294 valence electrons. The number of nitrogens with zero attached hydrogens (tertiary/aromatic N) is 2. The van der Waals surface area contributed by atoms with E-state index in [2.05, 4.69) is 0 Å². The number of hydrogen-bond acceptors (Lipinski definition) is 6. The van der Waals surface area contributed by atoms with Crippen LogP contribution in [0.3, 0.4) is 0 Å². The summed E-state index contributed by atoms with van der Waals surface area (Å²) in [6.07, 6.45) is -9.26. The molecule has 0 aromatic heterocycles. The van der Waals surface area contributed by atoms with Crippen LogP contribution in [-0.2, 0) is 36.9 Å². The van der Waals surface area contributed by atoms with Crippen LogP contribution >= 0.6 is 23.2 Å². The molecule has 16 heteroatoms. The van der Waals surface area contributed by atoms with Crippen LogP contribution in [0.15, 0.2) is 96.6 Å². The molecule has 0 spiro atoms. The van der Waals surface area contributed by atoms with Gasteiger partial charge in [-0.2, -0.15) is 26.3 Å². The Morgan fingerprint density at radius 3 is 2.04 bits per heavy atom. The Bertz CT molecular complexity index is 2390. The Labute approximate surface area is 330 Å². The van der Waals surface area contributed by atoms with Gasteiger partial charge in [-0.3, -0.25) is 19.2 Å². The van der Waals surface area contributed by atoms with Gasteiger partial charge in [-0.15, -0.1) is 0 Å². The van der Waals surface area contributed by atoms with Crippen LogP contribution in [0.1, 0.15) is 41.0 Å². The van der Waals surface area contributed by atoms with E-state index in [1.165, 1.54) is 31.4 Å². The lowest BCUT2D eigenvalue weighted by molar-refractivity contribution is -0.143. The number of amides is 4. The molecule has 4 aromatic carbocycles. The predicted octanol–water partition coefficient (Wildman–Crippen LogP) is 9.11. The minimum Gasteiger partial charge on any atom is -0.503 e. The van der Waals surface area contributed by atoms with Crippen LogP contribution in [0.4, 0.5) is 37.7 Å². The van der Waals surface area contributed by atoms with Gasteiger partial charge in [0.15, 0.2) is 11.5 Å². The Kier molecular flexibility index (Phi) is 9.04. The normalized spacial score (nSPS) is 26.0. The second-order valence-corrected chi connectivity index (χ2v) is 15.3. The maximum Gasteiger partial charge on any atom is 0.416 e. The van der Waals surface area contributed by atoms with Crippen molar-refractivity contribution in [3.63, 3.8) is 0 Å². The number of phenols is 1. The average molecular weight is 830 g/mol. The number of ether oxygens (including phenoxy) is 1. The van der Waals surface area contributed by atoms with Crippen molar-refractivity contribution in [3.05, 3.63) is 129 Å². The molecule has 2 aliphatic heterocycles. The number of methoxy groups -OCH3 is 1. The zero-order chi connectivity index (χ0) is 40.9. The molecule has 4 aliphatic rings. The summed E-state index contributed by atoms with van der Waals surface area (Å²) in [7, 11) is 1.28. The van der Waals surface area contributed by atoms with Crippen molar-refractivity contribution in [1.82, 2.24) is 0 Å². The van der Waals surface area contributed by atoms with Crippen molar-refractivity contribution in [2.45, 2.75) is 36.5 Å². The summed E-state index contributed by atoms with van der Waals surface area (Å²) in [4.78, 5) is 60.3. The first-order chi connectivity index (χ1) is 26.9. The second kappa shape index (κ2) is 13.4. The molecule has 4 aromatic rings. The van der Waals surface area contributed by atoms with E-state index in [0.717, 1.165) is 4.90 Å². The summed E-state index contributed by atoms with van der Waals surface area (Å²) >= 11 is 12.9. The second-order valence-electron chi connectivity index (χ2n) is 14.4. The number of alkyl halides is 6. The fourth-order valence-electron chi connectivity index (χ4n) is 9.36. The number of carbonyl (C=O) groups is 4. The molecule has 6 atom stereocenters. The summed E-state index contributed by atoms with van der Waals surface area (Å²) in [5, 5.41) is 10.8. The van der Waals surface area contributed by atoms with Crippen LogP contribution in [-0.4, -0.2) is 35.8 Å². The minimum atomic E-state index is -5.25. The highest BCUT2D eigenvalue weighted by atomic mass is 35.5. The van der Waals surface area contributed by atoms with Crippen LogP contribution in [0, 0.1) is 23.7 Å². The first-order valence-electron chi connectivity index (χ1n) is 17.5. The molecule has 2 saturated heterocycles. The third-order valence-electron chi connectivity index (χ3n) is 11.6. The van der Waals surface area contributed by atoms with E-state index >= 15 is 4.79 Å². The first kappa shape index (κ1) is 38.5. The van der Waals surface area contributed by atoms with Gasteiger partial charge in [-0.05, 0) is 78.4 Å². The van der Waals surface area contributed by atoms with Crippen molar-refractivity contribution in [2.75, 3.05) is 16.9 Å². The SMILES string of the molecule is COc1cc([C@H]2C3=CC[C@@H]4C(=O)N(c5cc(C(F)(F)F)cc(C(F)(F)F)c5)C(=O)[C@@H]4[C@@H]3C[C@H]3C(=O)N(c4cccc(Cl)c4)C(=O)[C@@]23c2ccccc2)cc(Cl)c1O. The number of benzene rings is 4. The van der Waals surface area contributed by atoms with Crippen molar-refractivity contribution >= 4 is 58.2 Å². The third-order valence-corrected chi connectivity index (χ3v) is 12.1. The van der Waals surface area contributed by atoms with Crippen molar-refractivity contribution in [1.29, 1.82) is 0 Å². The van der Waals surface area contributed by atoms with Gasteiger partial charge in [-0.25, -0.2) is 9.80 Å². The highest BCUT2D eigenvalue weighted by Gasteiger charge is 2.70. The summed E-state index contributed by atoms with van der Waals surface area (Å²) in [5.41, 5.74) is -4.81. The molecular weight excluding hydrogens is 801 g/mol. The smallest absolute Gasteiger partial charge is 0.416 e. The number of carbonyl (C=O) groups excluding carboxylic acids is 4. The molecule has 2 aliphatic carbocycles. The molecule has 3 fully saturated rings. The molecule has 4 amide bonds. The molecule has 8 rings (SSSR count). The number of anilines is 2. The quantitative estimate of drug-likeness (QED) is 0.122. The Morgan fingerprint density at radius 1 is 0.754 bits per heavy atom. The third kappa shape index (κ3) is 5.81. The lowest BCUT2D eigenvalue weighted by atomic mass is 9.49. The Balaban J connectivity index is 1.35. The largest absolute Gasteiger partial charge is 0.503 e. The maximum atomic E-state index is 15.4. The molecular formula is C41H28Cl2F6N2O6. The summed E-state index contributed by atoms with van der Waals surface area (Å²) < 4.78 is 89.0. The number of hydrogen-bond donors (Lipinski definition) is 1. The van der Waals surface area contributed by atoms with Gasteiger partial charge < -0.3 is 9.84 Å². The number of fused-ring (bicyclic) bond motifs is 4. The molecule has 57 heavy (non-hydrogen) atoms. The van der Waals surface area contributed by atoms with Crippen LogP contribution < -0.4 is 14.5 Å². The van der Waals surface area contributed by atoms with E-state index in [4.69, 9.17) is 27.9 Å². The Hall–Kier alpha value is -5.34. The fraction of sp³-hybridized carbons (Fsp3) is 0.268. The zero-order valence-electron chi connectivity index (χ0n) is 29.4. The van der Waals surface area contributed by atoms with Crippen LogP contribution in [0.2, 0.25) is 10.0 Å². The zero-order valence-corrected chi connectivity index (χ0v) is 30.9.